The fourth-order valence-corrected chi connectivity index (χ4v) is 5.20. The summed E-state index contributed by atoms with van der Waals surface area (Å²) in [5, 5.41) is 4.40. The van der Waals surface area contributed by atoms with Gasteiger partial charge < -0.3 is 19.5 Å². The Morgan fingerprint density at radius 2 is 1.77 bits per heavy atom. The first-order valence-corrected chi connectivity index (χ1v) is 13.5. The van der Waals surface area contributed by atoms with Crippen LogP contribution in [-0.2, 0) is 16.0 Å². The number of aromatic nitrogens is 3. The van der Waals surface area contributed by atoms with Crippen LogP contribution in [-0.4, -0.2) is 59.4 Å². The number of thioether (sulfide) groups is 1. The highest BCUT2D eigenvalue weighted by Crippen LogP contribution is 2.30. The van der Waals surface area contributed by atoms with Gasteiger partial charge in [-0.25, -0.2) is 9.97 Å². The van der Waals surface area contributed by atoms with Crippen molar-refractivity contribution in [2.75, 3.05) is 33.1 Å². The number of benzene rings is 3. The van der Waals surface area contributed by atoms with Crippen LogP contribution in [0.15, 0.2) is 65.8 Å². The van der Waals surface area contributed by atoms with E-state index in [9.17, 15) is 9.59 Å². The number of rotatable bonds is 10. The summed E-state index contributed by atoms with van der Waals surface area (Å²) in [5.41, 5.74) is 4.56. The predicted molar refractivity (Wildman–Crippen MR) is 151 cm³/mol. The molecular weight excluding hydrogens is 516 g/mol. The summed E-state index contributed by atoms with van der Waals surface area (Å²) in [5.74, 6) is 0.909. The molecular formula is C29H28N4O5S. The van der Waals surface area contributed by atoms with Crippen molar-refractivity contribution in [3.05, 3.63) is 71.8 Å². The highest BCUT2D eigenvalue weighted by Gasteiger charge is 2.17. The molecule has 9 nitrogen and oxygen atoms in total. The zero-order valence-electron chi connectivity index (χ0n) is 21.9. The zero-order chi connectivity index (χ0) is 27.4. The van der Waals surface area contributed by atoms with Crippen molar-refractivity contribution in [2.24, 2.45) is 0 Å². The number of methoxy groups -OCH3 is 2. The molecule has 1 amide bonds. The number of hydrogen-bond donors (Lipinski definition) is 1. The minimum atomic E-state index is -0.315. The molecule has 0 unspecified atom stereocenters. The van der Waals surface area contributed by atoms with Gasteiger partial charge in [0.25, 0.3) is 5.91 Å². The smallest absolute Gasteiger partial charge is 0.316 e. The summed E-state index contributed by atoms with van der Waals surface area (Å²) in [6.45, 7) is 2.54. The number of carbonyl (C=O) groups is 2. The van der Waals surface area contributed by atoms with Gasteiger partial charge in [0.1, 0.15) is 5.65 Å². The molecule has 2 heterocycles. The molecule has 200 valence electrons. The topological polar surface area (TPSA) is 104 Å². The second-order valence-electron chi connectivity index (χ2n) is 8.67. The lowest BCUT2D eigenvalue weighted by Crippen LogP contribution is -2.25. The number of para-hydroxylation sites is 2. The van der Waals surface area contributed by atoms with E-state index in [4.69, 9.17) is 24.2 Å². The van der Waals surface area contributed by atoms with Crippen molar-refractivity contribution in [2.45, 2.75) is 18.5 Å². The molecule has 5 rings (SSSR count). The molecule has 1 N–H and O–H groups in total. The number of nitrogens with zero attached hydrogens (tertiary/aromatic N) is 3. The lowest BCUT2D eigenvalue weighted by Gasteiger charge is -2.11. The monoisotopic (exact) mass is 544 g/mol. The Kier molecular flexibility index (Phi) is 7.83. The van der Waals surface area contributed by atoms with Crippen LogP contribution < -0.4 is 14.8 Å². The van der Waals surface area contributed by atoms with Gasteiger partial charge in [0.05, 0.1) is 43.1 Å². The second-order valence-corrected chi connectivity index (χ2v) is 9.62. The molecule has 0 aliphatic carbocycles. The van der Waals surface area contributed by atoms with Crippen molar-refractivity contribution in [1.82, 2.24) is 19.7 Å². The maximum atomic E-state index is 13.0. The first-order chi connectivity index (χ1) is 19.0. The van der Waals surface area contributed by atoms with Crippen molar-refractivity contribution in [3.8, 4) is 11.5 Å². The largest absolute Gasteiger partial charge is 0.493 e. The fourth-order valence-electron chi connectivity index (χ4n) is 4.39. The van der Waals surface area contributed by atoms with Gasteiger partial charge in [-0.05, 0) is 61.4 Å². The zero-order valence-corrected chi connectivity index (χ0v) is 22.7. The molecule has 0 fully saturated rings. The number of carbonyl (C=O) groups excluding carboxylic acids is 2. The summed E-state index contributed by atoms with van der Waals surface area (Å²) in [6, 6.07) is 18.9. The van der Waals surface area contributed by atoms with E-state index in [-0.39, 0.29) is 17.6 Å². The Bertz CT molecular complexity index is 1680. The van der Waals surface area contributed by atoms with Crippen molar-refractivity contribution in [1.29, 1.82) is 0 Å². The quantitative estimate of drug-likeness (QED) is 0.154. The van der Waals surface area contributed by atoms with Gasteiger partial charge in [-0.3, -0.25) is 14.0 Å². The van der Waals surface area contributed by atoms with Gasteiger partial charge in [0.15, 0.2) is 16.7 Å². The third kappa shape index (κ3) is 5.46. The highest BCUT2D eigenvalue weighted by molar-refractivity contribution is 7.99. The van der Waals surface area contributed by atoms with E-state index in [2.05, 4.69) is 5.32 Å². The highest BCUT2D eigenvalue weighted by atomic mass is 32.2. The summed E-state index contributed by atoms with van der Waals surface area (Å²) in [7, 11) is 3.19. The van der Waals surface area contributed by atoms with Crippen LogP contribution in [0.3, 0.4) is 0 Å². The minimum Gasteiger partial charge on any atom is -0.493 e. The molecule has 5 aromatic rings. The van der Waals surface area contributed by atoms with Crippen LogP contribution in [0.25, 0.3) is 27.6 Å². The molecule has 39 heavy (non-hydrogen) atoms. The Morgan fingerprint density at radius 1 is 0.949 bits per heavy atom. The first kappa shape index (κ1) is 26.3. The number of amides is 1. The molecule has 0 aliphatic rings. The molecule has 0 saturated heterocycles. The van der Waals surface area contributed by atoms with Gasteiger partial charge in [-0.2, -0.15) is 0 Å². The lowest BCUT2D eigenvalue weighted by molar-refractivity contribution is -0.139. The molecule has 0 radical (unpaired) electrons. The van der Waals surface area contributed by atoms with E-state index < -0.39 is 0 Å². The average Bonchev–Trinajstić information content (AvgIpc) is 3.35. The Balaban J connectivity index is 1.41. The standard InChI is InChI=1S/C29H28N4O5S/c1-4-38-26(34)17-39-29-32-22-16-19(10-11-20(22)27-31-21-7-5-6-8-23(21)33(27)29)28(35)30-14-13-18-9-12-24(36-2)25(15-18)37-3/h5-12,15-16H,4,13-14,17H2,1-3H3,(H,30,35). The Morgan fingerprint density at radius 3 is 2.56 bits per heavy atom. The van der Waals surface area contributed by atoms with Crippen LogP contribution in [0.1, 0.15) is 22.8 Å². The molecule has 10 heteroatoms. The predicted octanol–water partition coefficient (Wildman–Crippen LogP) is 4.68. The SMILES string of the molecule is CCOC(=O)CSc1nc2cc(C(=O)NCCc3ccc(OC)c(OC)c3)ccc2c2nc3ccccc3n12. The Labute approximate surface area is 229 Å². The molecule has 2 aromatic heterocycles. The van der Waals surface area contributed by atoms with Gasteiger partial charge in [-0.1, -0.05) is 30.0 Å². The molecule has 3 aromatic carbocycles. The third-order valence-corrected chi connectivity index (χ3v) is 7.15. The number of fused-ring (bicyclic) bond motifs is 5. The summed E-state index contributed by atoms with van der Waals surface area (Å²) in [4.78, 5) is 34.7. The number of esters is 1. The molecule has 0 aliphatic heterocycles. The van der Waals surface area contributed by atoms with E-state index in [1.54, 1.807) is 33.3 Å². The fraction of sp³-hybridized carbons (Fsp3) is 0.241. The normalized spacial score (nSPS) is 11.2. The maximum Gasteiger partial charge on any atom is 0.316 e. The Hall–Kier alpha value is -4.31. The summed E-state index contributed by atoms with van der Waals surface area (Å²) < 4.78 is 17.7. The minimum absolute atomic E-state index is 0.115. The van der Waals surface area contributed by atoms with Crippen LogP contribution in [0.5, 0.6) is 11.5 Å². The van der Waals surface area contributed by atoms with Crippen LogP contribution >= 0.6 is 11.8 Å². The number of nitrogens with one attached hydrogen (secondary N) is 1. The van der Waals surface area contributed by atoms with E-state index in [1.165, 1.54) is 11.8 Å². The summed E-state index contributed by atoms with van der Waals surface area (Å²) in [6.07, 6.45) is 0.633. The summed E-state index contributed by atoms with van der Waals surface area (Å²) >= 11 is 1.28. The number of ether oxygens (including phenoxy) is 3. The van der Waals surface area contributed by atoms with Gasteiger partial charge in [0.2, 0.25) is 0 Å². The van der Waals surface area contributed by atoms with Gasteiger partial charge in [-0.15, -0.1) is 0 Å². The molecule has 0 atom stereocenters. The van der Waals surface area contributed by atoms with E-state index in [0.717, 1.165) is 22.0 Å². The van der Waals surface area contributed by atoms with E-state index in [1.807, 2.05) is 52.9 Å². The average molecular weight is 545 g/mol. The van der Waals surface area contributed by atoms with Crippen molar-refractivity contribution in [3.63, 3.8) is 0 Å². The van der Waals surface area contributed by atoms with Crippen molar-refractivity contribution >= 4 is 51.2 Å². The number of imidazole rings is 1. The van der Waals surface area contributed by atoms with Crippen LogP contribution in [0, 0.1) is 0 Å². The lowest BCUT2D eigenvalue weighted by atomic mass is 10.1. The van der Waals surface area contributed by atoms with E-state index >= 15 is 0 Å². The van der Waals surface area contributed by atoms with Crippen LogP contribution in [0.4, 0.5) is 0 Å². The second kappa shape index (κ2) is 11.6. The van der Waals surface area contributed by atoms with Crippen molar-refractivity contribution < 1.29 is 23.8 Å². The van der Waals surface area contributed by atoms with Gasteiger partial charge in [0, 0.05) is 17.5 Å². The number of hydrogen-bond acceptors (Lipinski definition) is 8. The van der Waals surface area contributed by atoms with Crippen LogP contribution in [0.2, 0.25) is 0 Å². The van der Waals surface area contributed by atoms with E-state index in [0.29, 0.717) is 53.0 Å². The first-order valence-electron chi connectivity index (χ1n) is 12.5. The maximum absolute atomic E-state index is 13.0. The molecule has 0 saturated carbocycles. The third-order valence-electron chi connectivity index (χ3n) is 6.24. The molecule has 0 spiro atoms. The van der Waals surface area contributed by atoms with Gasteiger partial charge >= 0.3 is 5.97 Å². The molecule has 0 bridgehead atoms.